The van der Waals surface area contributed by atoms with Crippen molar-refractivity contribution in [3.63, 3.8) is 0 Å². The lowest BCUT2D eigenvalue weighted by Crippen LogP contribution is -2.28. The summed E-state index contributed by atoms with van der Waals surface area (Å²) in [5.41, 5.74) is 0. The number of nitrogens with zero attached hydrogens (tertiary/aromatic N) is 1. The number of hydrogen-bond donors (Lipinski definition) is 0. The Labute approximate surface area is 88.8 Å². The lowest BCUT2D eigenvalue weighted by Gasteiger charge is -2.15. The Bertz CT molecular complexity index is 172. The molecule has 1 heterocycles. The fourth-order valence-electron chi connectivity index (χ4n) is 1.94. The number of hydrogen-bond acceptors (Lipinski definition) is 1. The molecular weight excluding hydrogens is 230 g/mol. The van der Waals surface area contributed by atoms with Gasteiger partial charge in [-0.2, -0.15) is 0 Å². The van der Waals surface area contributed by atoms with Crippen molar-refractivity contribution in [2.45, 2.75) is 32.6 Å². The van der Waals surface area contributed by atoms with Gasteiger partial charge in [-0.1, -0.05) is 29.3 Å². The second kappa shape index (κ2) is 5.63. The SMILES string of the molecule is CCCC1CCN(C(=O)CCBr)C1. The molecule has 1 aliphatic rings. The molecule has 1 rings (SSSR count). The minimum atomic E-state index is 0.315. The van der Waals surface area contributed by atoms with Gasteiger partial charge in [-0.05, 0) is 18.8 Å². The van der Waals surface area contributed by atoms with Crippen LogP contribution in [0.3, 0.4) is 0 Å². The number of likely N-dealkylation sites (tertiary alicyclic amines) is 1. The lowest BCUT2D eigenvalue weighted by atomic mass is 10.0. The summed E-state index contributed by atoms with van der Waals surface area (Å²) in [7, 11) is 0. The van der Waals surface area contributed by atoms with E-state index in [-0.39, 0.29) is 0 Å². The first-order chi connectivity index (χ1) is 6.27. The highest BCUT2D eigenvalue weighted by atomic mass is 79.9. The van der Waals surface area contributed by atoms with E-state index in [1.165, 1.54) is 19.3 Å². The van der Waals surface area contributed by atoms with Gasteiger partial charge in [-0.15, -0.1) is 0 Å². The van der Waals surface area contributed by atoms with Gasteiger partial charge in [0.15, 0.2) is 0 Å². The minimum Gasteiger partial charge on any atom is -0.342 e. The highest BCUT2D eigenvalue weighted by Crippen LogP contribution is 2.21. The molecule has 0 aromatic rings. The smallest absolute Gasteiger partial charge is 0.223 e. The molecule has 13 heavy (non-hydrogen) atoms. The zero-order valence-corrected chi connectivity index (χ0v) is 9.85. The van der Waals surface area contributed by atoms with Crippen LogP contribution >= 0.6 is 15.9 Å². The van der Waals surface area contributed by atoms with Gasteiger partial charge < -0.3 is 4.90 Å². The van der Waals surface area contributed by atoms with Crippen LogP contribution in [0.1, 0.15) is 32.6 Å². The number of carbonyl (C=O) groups is 1. The Morgan fingerprint density at radius 2 is 2.38 bits per heavy atom. The molecule has 1 saturated heterocycles. The Balaban J connectivity index is 2.27. The molecule has 0 radical (unpaired) electrons. The molecule has 76 valence electrons. The van der Waals surface area contributed by atoms with E-state index < -0.39 is 0 Å². The van der Waals surface area contributed by atoms with Crippen LogP contribution in [-0.2, 0) is 4.79 Å². The first-order valence-corrected chi connectivity index (χ1v) is 6.23. The van der Waals surface area contributed by atoms with E-state index in [1.807, 2.05) is 4.90 Å². The van der Waals surface area contributed by atoms with Crippen LogP contribution in [0.15, 0.2) is 0 Å². The molecule has 0 aromatic carbocycles. The second-order valence-electron chi connectivity index (χ2n) is 3.72. The van der Waals surface area contributed by atoms with Crippen molar-refractivity contribution >= 4 is 21.8 Å². The van der Waals surface area contributed by atoms with Crippen molar-refractivity contribution < 1.29 is 4.79 Å². The third-order valence-corrected chi connectivity index (χ3v) is 3.04. The van der Waals surface area contributed by atoms with Crippen LogP contribution in [0.2, 0.25) is 0 Å². The zero-order valence-electron chi connectivity index (χ0n) is 8.26. The highest BCUT2D eigenvalue weighted by Gasteiger charge is 2.24. The van der Waals surface area contributed by atoms with Crippen LogP contribution in [0, 0.1) is 5.92 Å². The van der Waals surface area contributed by atoms with Crippen LogP contribution in [-0.4, -0.2) is 29.2 Å². The molecule has 0 N–H and O–H groups in total. The minimum absolute atomic E-state index is 0.315. The number of amides is 1. The van der Waals surface area contributed by atoms with E-state index in [0.29, 0.717) is 12.3 Å². The molecule has 1 unspecified atom stereocenters. The van der Waals surface area contributed by atoms with Crippen molar-refractivity contribution in [1.29, 1.82) is 0 Å². The third kappa shape index (κ3) is 3.29. The molecule has 0 saturated carbocycles. The Morgan fingerprint density at radius 3 is 3.00 bits per heavy atom. The van der Waals surface area contributed by atoms with E-state index in [9.17, 15) is 4.79 Å². The molecule has 0 bridgehead atoms. The molecule has 0 aromatic heterocycles. The molecule has 1 atom stereocenters. The van der Waals surface area contributed by atoms with Gasteiger partial charge in [-0.3, -0.25) is 4.79 Å². The maximum absolute atomic E-state index is 11.5. The quantitative estimate of drug-likeness (QED) is 0.699. The summed E-state index contributed by atoms with van der Waals surface area (Å²) in [4.78, 5) is 13.5. The maximum atomic E-state index is 11.5. The molecule has 1 fully saturated rings. The zero-order chi connectivity index (χ0) is 9.68. The van der Waals surface area contributed by atoms with Crippen molar-refractivity contribution in [1.82, 2.24) is 4.90 Å². The lowest BCUT2D eigenvalue weighted by molar-refractivity contribution is -0.129. The first kappa shape index (κ1) is 11.0. The van der Waals surface area contributed by atoms with Crippen molar-refractivity contribution in [3.8, 4) is 0 Å². The monoisotopic (exact) mass is 247 g/mol. The van der Waals surface area contributed by atoms with Crippen LogP contribution < -0.4 is 0 Å². The molecule has 2 nitrogen and oxygen atoms in total. The fourth-order valence-corrected chi connectivity index (χ4v) is 2.28. The van der Waals surface area contributed by atoms with Gasteiger partial charge in [0.05, 0.1) is 0 Å². The van der Waals surface area contributed by atoms with E-state index in [4.69, 9.17) is 0 Å². The molecule has 0 aliphatic carbocycles. The maximum Gasteiger partial charge on any atom is 0.223 e. The molecule has 3 heteroatoms. The molecule has 0 spiro atoms. The van der Waals surface area contributed by atoms with E-state index >= 15 is 0 Å². The molecular formula is C10H18BrNO. The predicted octanol–water partition coefficient (Wildman–Crippen LogP) is 2.42. The topological polar surface area (TPSA) is 20.3 Å². The largest absolute Gasteiger partial charge is 0.342 e. The van der Waals surface area contributed by atoms with Crippen molar-refractivity contribution in [2.24, 2.45) is 5.92 Å². The van der Waals surface area contributed by atoms with Gasteiger partial charge in [0.25, 0.3) is 0 Å². The van der Waals surface area contributed by atoms with Crippen LogP contribution in [0.4, 0.5) is 0 Å². The Kier molecular flexibility index (Phi) is 4.78. The number of carbonyl (C=O) groups excluding carboxylic acids is 1. The summed E-state index contributed by atoms with van der Waals surface area (Å²) in [6.45, 7) is 4.19. The summed E-state index contributed by atoms with van der Waals surface area (Å²) >= 11 is 3.30. The fraction of sp³-hybridized carbons (Fsp3) is 0.900. The molecule has 1 amide bonds. The summed E-state index contributed by atoms with van der Waals surface area (Å²) in [5, 5.41) is 0.792. The normalized spacial score (nSPS) is 22.3. The van der Waals surface area contributed by atoms with Crippen LogP contribution in [0.5, 0.6) is 0 Å². The van der Waals surface area contributed by atoms with E-state index in [0.717, 1.165) is 24.3 Å². The second-order valence-corrected chi connectivity index (χ2v) is 4.52. The van der Waals surface area contributed by atoms with E-state index in [2.05, 4.69) is 22.9 Å². The van der Waals surface area contributed by atoms with Gasteiger partial charge in [-0.25, -0.2) is 0 Å². The third-order valence-electron chi connectivity index (χ3n) is 2.64. The predicted molar refractivity (Wildman–Crippen MR) is 58.0 cm³/mol. The Morgan fingerprint density at radius 1 is 1.62 bits per heavy atom. The summed E-state index contributed by atoms with van der Waals surface area (Å²) in [6.07, 6.45) is 4.38. The summed E-state index contributed by atoms with van der Waals surface area (Å²) in [5.74, 6) is 1.08. The van der Waals surface area contributed by atoms with Crippen molar-refractivity contribution in [3.05, 3.63) is 0 Å². The average Bonchev–Trinajstić information content (AvgIpc) is 2.54. The number of rotatable bonds is 4. The standard InChI is InChI=1S/C10H18BrNO/c1-2-3-9-5-7-12(8-9)10(13)4-6-11/h9H,2-8H2,1H3. The summed E-state index contributed by atoms with van der Waals surface area (Å²) < 4.78 is 0. The van der Waals surface area contributed by atoms with Crippen LogP contribution in [0.25, 0.3) is 0 Å². The molecule has 1 aliphatic heterocycles. The summed E-state index contributed by atoms with van der Waals surface area (Å²) in [6, 6.07) is 0. The average molecular weight is 248 g/mol. The van der Waals surface area contributed by atoms with Gasteiger partial charge in [0.2, 0.25) is 5.91 Å². The van der Waals surface area contributed by atoms with Gasteiger partial charge in [0.1, 0.15) is 0 Å². The van der Waals surface area contributed by atoms with Gasteiger partial charge in [0, 0.05) is 24.8 Å². The number of halogens is 1. The van der Waals surface area contributed by atoms with Crippen molar-refractivity contribution in [2.75, 3.05) is 18.4 Å². The Hall–Kier alpha value is -0.0500. The first-order valence-electron chi connectivity index (χ1n) is 5.11. The van der Waals surface area contributed by atoms with E-state index in [1.54, 1.807) is 0 Å². The highest BCUT2D eigenvalue weighted by molar-refractivity contribution is 9.09. The number of alkyl halides is 1. The van der Waals surface area contributed by atoms with Gasteiger partial charge >= 0.3 is 0 Å².